The Morgan fingerprint density at radius 2 is 1.86 bits per heavy atom. The molecule has 1 aliphatic heterocycles. The maximum atomic E-state index is 12.5. The van der Waals surface area contributed by atoms with Gasteiger partial charge in [-0.15, -0.1) is 0 Å². The van der Waals surface area contributed by atoms with E-state index < -0.39 is 16.1 Å². The predicted octanol–water partition coefficient (Wildman–Crippen LogP) is 3.08. The number of rotatable bonds is 2. The number of nitrogens with one attached hydrogen (secondary N) is 1. The van der Waals surface area contributed by atoms with Crippen LogP contribution in [0.4, 0.5) is 10.5 Å². The van der Waals surface area contributed by atoms with Crippen LogP contribution in [0.5, 0.6) is 0 Å². The highest BCUT2D eigenvalue weighted by atomic mass is 35.5. The van der Waals surface area contributed by atoms with Crippen molar-refractivity contribution in [3.05, 3.63) is 59.1 Å². The molecule has 0 unspecified atom stereocenters. The lowest BCUT2D eigenvalue weighted by molar-refractivity contribution is 0.233. The summed E-state index contributed by atoms with van der Waals surface area (Å²) in [6.45, 7) is -0.0664. The second-order valence-electron chi connectivity index (χ2n) is 4.57. The molecule has 0 aliphatic carbocycles. The normalized spacial score (nSPS) is 16.2. The van der Waals surface area contributed by atoms with E-state index in [1.54, 1.807) is 42.5 Å². The first kappa shape index (κ1) is 13.9. The lowest BCUT2D eigenvalue weighted by Gasteiger charge is -2.28. The molecule has 1 N–H and O–H groups in total. The molecule has 0 aromatic heterocycles. The van der Waals surface area contributed by atoms with Crippen molar-refractivity contribution in [1.82, 2.24) is 4.31 Å². The van der Waals surface area contributed by atoms with Crippen molar-refractivity contribution < 1.29 is 13.2 Å². The summed E-state index contributed by atoms with van der Waals surface area (Å²) in [6, 6.07) is 12.4. The quantitative estimate of drug-likeness (QED) is 0.924. The van der Waals surface area contributed by atoms with Crippen molar-refractivity contribution >= 4 is 33.3 Å². The molecule has 0 saturated carbocycles. The fraction of sp³-hybridized carbons (Fsp3) is 0.0714. The van der Waals surface area contributed by atoms with Crippen LogP contribution in [0.15, 0.2) is 53.4 Å². The molecule has 0 atom stereocenters. The fourth-order valence-corrected chi connectivity index (χ4v) is 3.84. The molecular weight excluding hydrogens is 312 g/mol. The van der Waals surface area contributed by atoms with E-state index in [-0.39, 0.29) is 11.4 Å². The molecule has 2 amide bonds. The summed E-state index contributed by atoms with van der Waals surface area (Å²) < 4.78 is 25.9. The van der Waals surface area contributed by atoms with Gasteiger partial charge in [0.05, 0.1) is 12.2 Å². The number of amides is 2. The van der Waals surface area contributed by atoms with Gasteiger partial charge in [-0.25, -0.2) is 17.5 Å². The van der Waals surface area contributed by atoms with E-state index in [9.17, 15) is 13.2 Å². The largest absolute Gasteiger partial charge is 0.336 e. The first-order valence-corrected chi connectivity index (χ1v) is 7.97. The van der Waals surface area contributed by atoms with E-state index >= 15 is 0 Å². The summed E-state index contributed by atoms with van der Waals surface area (Å²) in [7, 11) is -3.86. The summed E-state index contributed by atoms with van der Waals surface area (Å²) in [5.74, 6) is 0. The molecule has 21 heavy (non-hydrogen) atoms. The zero-order valence-corrected chi connectivity index (χ0v) is 12.4. The molecule has 3 rings (SSSR count). The van der Waals surface area contributed by atoms with Gasteiger partial charge in [-0.1, -0.05) is 35.9 Å². The Bertz CT molecular complexity index is 820. The number of anilines is 1. The number of hydrogen-bond acceptors (Lipinski definition) is 3. The molecule has 2 aromatic rings. The second-order valence-corrected chi connectivity index (χ2v) is 6.84. The number of fused-ring (bicyclic) bond motifs is 1. The average Bonchev–Trinajstić information content (AvgIpc) is 2.44. The number of nitrogens with zero attached hydrogens (tertiary/aromatic N) is 1. The lowest BCUT2D eigenvalue weighted by Crippen LogP contribution is -2.43. The predicted molar refractivity (Wildman–Crippen MR) is 79.6 cm³/mol. The first-order chi connectivity index (χ1) is 9.98. The van der Waals surface area contributed by atoms with Gasteiger partial charge in [-0.2, -0.15) is 0 Å². The summed E-state index contributed by atoms with van der Waals surface area (Å²) in [4.78, 5) is 12.2. The highest BCUT2D eigenvalue weighted by Gasteiger charge is 2.36. The molecule has 0 spiro atoms. The van der Waals surface area contributed by atoms with Crippen LogP contribution in [0, 0.1) is 0 Å². The van der Waals surface area contributed by atoms with Gasteiger partial charge < -0.3 is 5.32 Å². The van der Waals surface area contributed by atoms with E-state index in [1.807, 2.05) is 0 Å². The molecule has 2 aromatic carbocycles. The van der Waals surface area contributed by atoms with Crippen molar-refractivity contribution in [1.29, 1.82) is 0 Å². The number of carbonyl (C=O) groups excluding carboxylic acids is 1. The van der Waals surface area contributed by atoms with Gasteiger partial charge in [-0.3, -0.25) is 0 Å². The SMILES string of the molecule is O=C1Nc2ccccc2S(=O)(=O)N1Cc1cccc(Cl)c1. The van der Waals surface area contributed by atoms with Crippen LogP contribution in [0.1, 0.15) is 5.56 Å². The molecule has 1 aliphatic rings. The molecule has 108 valence electrons. The minimum Gasteiger partial charge on any atom is -0.306 e. The van der Waals surface area contributed by atoms with Crippen molar-refractivity contribution in [3.63, 3.8) is 0 Å². The summed E-state index contributed by atoms with van der Waals surface area (Å²) in [5, 5.41) is 3.06. The number of urea groups is 1. The number of halogens is 1. The number of para-hydroxylation sites is 1. The average molecular weight is 323 g/mol. The Labute approximate surface area is 127 Å². The zero-order chi connectivity index (χ0) is 15.0. The fourth-order valence-electron chi connectivity index (χ4n) is 2.16. The van der Waals surface area contributed by atoms with Crippen LogP contribution in [0.25, 0.3) is 0 Å². The summed E-state index contributed by atoms with van der Waals surface area (Å²) >= 11 is 5.88. The first-order valence-electron chi connectivity index (χ1n) is 6.16. The third-order valence-electron chi connectivity index (χ3n) is 3.14. The highest BCUT2D eigenvalue weighted by molar-refractivity contribution is 7.90. The topological polar surface area (TPSA) is 66.5 Å². The Morgan fingerprint density at radius 1 is 1.10 bits per heavy atom. The van der Waals surface area contributed by atoms with Crippen LogP contribution in [-0.4, -0.2) is 18.8 Å². The van der Waals surface area contributed by atoms with Gasteiger partial charge in [-0.05, 0) is 29.8 Å². The van der Waals surface area contributed by atoms with Gasteiger partial charge in [0.1, 0.15) is 4.90 Å². The molecule has 0 radical (unpaired) electrons. The standard InChI is InChI=1S/C14H11ClN2O3S/c15-11-5-3-4-10(8-11)9-17-14(18)16-12-6-1-2-7-13(12)21(17,19)20/h1-8H,9H2,(H,16,18). The highest BCUT2D eigenvalue weighted by Crippen LogP contribution is 2.30. The molecule has 1 heterocycles. The van der Waals surface area contributed by atoms with Crippen LogP contribution in [0.3, 0.4) is 0 Å². The lowest BCUT2D eigenvalue weighted by atomic mass is 10.2. The molecule has 5 nitrogen and oxygen atoms in total. The van der Waals surface area contributed by atoms with Crippen molar-refractivity contribution in [3.8, 4) is 0 Å². The van der Waals surface area contributed by atoms with Crippen LogP contribution in [0.2, 0.25) is 5.02 Å². The van der Waals surface area contributed by atoms with Crippen LogP contribution >= 0.6 is 11.6 Å². The third kappa shape index (κ3) is 2.48. The minimum atomic E-state index is -3.86. The third-order valence-corrected chi connectivity index (χ3v) is 5.16. The van der Waals surface area contributed by atoms with Gasteiger partial charge in [0, 0.05) is 5.02 Å². The molecular formula is C14H11ClN2O3S. The molecule has 0 fully saturated rings. The number of sulfonamides is 1. The molecule has 0 saturated heterocycles. The van der Waals surface area contributed by atoms with E-state index in [2.05, 4.69) is 5.32 Å². The van der Waals surface area contributed by atoms with Gasteiger partial charge in [0.25, 0.3) is 10.0 Å². The maximum absolute atomic E-state index is 12.5. The Kier molecular flexibility index (Phi) is 3.35. The Balaban J connectivity index is 2.02. The second kappa shape index (κ2) is 5.05. The van der Waals surface area contributed by atoms with E-state index in [1.165, 1.54) is 6.07 Å². The van der Waals surface area contributed by atoms with E-state index in [0.29, 0.717) is 16.3 Å². The van der Waals surface area contributed by atoms with E-state index in [4.69, 9.17) is 11.6 Å². The van der Waals surface area contributed by atoms with Gasteiger partial charge in [0.2, 0.25) is 0 Å². The van der Waals surface area contributed by atoms with E-state index in [0.717, 1.165) is 4.31 Å². The molecule has 0 bridgehead atoms. The molecule has 7 heteroatoms. The van der Waals surface area contributed by atoms with Crippen molar-refractivity contribution in [2.24, 2.45) is 0 Å². The number of carbonyl (C=O) groups is 1. The van der Waals surface area contributed by atoms with Crippen molar-refractivity contribution in [2.45, 2.75) is 11.4 Å². The number of benzene rings is 2. The Hall–Kier alpha value is -2.05. The van der Waals surface area contributed by atoms with Gasteiger partial charge in [0.15, 0.2) is 0 Å². The van der Waals surface area contributed by atoms with Crippen LogP contribution in [-0.2, 0) is 16.6 Å². The Morgan fingerprint density at radius 3 is 2.62 bits per heavy atom. The van der Waals surface area contributed by atoms with Crippen LogP contribution < -0.4 is 5.32 Å². The monoisotopic (exact) mass is 322 g/mol. The maximum Gasteiger partial charge on any atom is 0.336 e. The zero-order valence-electron chi connectivity index (χ0n) is 10.8. The van der Waals surface area contributed by atoms with Gasteiger partial charge >= 0.3 is 6.03 Å². The minimum absolute atomic E-state index is 0.0664. The summed E-state index contributed by atoms with van der Waals surface area (Å²) in [5.41, 5.74) is 0.936. The van der Waals surface area contributed by atoms with Crippen molar-refractivity contribution in [2.75, 3.05) is 5.32 Å². The number of hydrogen-bond donors (Lipinski definition) is 1. The summed E-state index contributed by atoms with van der Waals surface area (Å²) in [6.07, 6.45) is 0. The smallest absolute Gasteiger partial charge is 0.306 e.